The maximum Gasteiger partial charge on any atom is 0.122 e. The molecule has 0 aliphatic carbocycles. The van der Waals surface area contributed by atoms with E-state index in [0.29, 0.717) is 16.7 Å². The predicted molar refractivity (Wildman–Crippen MR) is 114 cm³/mol. The molecule has 28 heavy (non-hydrogen) atoms. The summed E-state index contributed by atoms with van der Waals surface area (Å²) < 4.78 is 0. The summed E-state index contributed by atoms with van der Waals surface area (Å²) in [5.74, 6) is 0.0731. The molecular weight excluding hydrogens is 348 g/mol. The quantitative estimate of drug-likeness (QED) is 0.504. The second-order valence-electron chi connectivity index (χ2n) is 7.99. The standard InChI is InChI=1S/C25H28O3/c1-13-7-16(4)23(26)19(10-13)22(20-11-14(2)8-17(5)24(20)27)21-12-15(3)9-18(6)25(21)28/h7-12,22,26-28H,1-6H3. The Labute approximate surface area is 166 Å². The molecule has 0 bridgehead atoms. The zero-order chi connectivity index (χ0) is 20.7. The Balaban J connectivity index is 2.44. The third-order valence-corrected chi connectivity index (χ3v) is 5.36. The third kappa shape index (κ3) is 3.45. The highest BCUT2D eigenvalue weighted by molar-refractivity contribution is 5.61. The molecule has 0 radical (unpaired) electrons. The number of hydrogen-bond acceptors (Lipinski definition) is 3. The molecular formula is C25H28O3. The Morgan fingerprint density at radius 2 is 0.714 bits per heavy atom. The Kier molecular flexibility index (Phi) is 5.12. The van der Waals surface area contributed by atoms with Crippen LogP contribution in [0.15, 0.2) is 36.4 Å². The number of aromatic hydroxyl groups is 3. The van der Waals surface area contributed by atoms with Crippen LogP contribution in [0.1, 0.15) is 56.0 Å². The molecule has 0 amide bonds. The van der Waals surface area contributed by atoms with Crippen LogP contribution in [0.5, 0.6) is 17.2 Å². The zero-order valence-electron chi connectivity index (χ0n) is 17.4. The molecule has 3 N–H and O–H groups in total. The van der Waals surface area contributed by atoms with E-state index in [1.54, 1.807) is 0 Å². The summed E-state index contributed by atoms with van der Waals surface area (Å²) in [4.78, 5) is 0. The maximum absolute atomic E-state index is 10.9. The van der Waals surface area contributed by atoms with Crippen LogP contribution >= 0.6 is 0 Å². The highest BCUT2D eigenvalue weighted by Gasteiger charge is 2.28. The fraction of sp³-hybridized carbons (Fsp3) is 0.280. The summed E-state index contributed by atoms with van der Waals surface area (Å²) in [6.45, 7) is 11.5. The molecule has 0 unspecified atom stereocenters. The van der Waals surface area contributed by atoms with E-state index in [1.165, 1.54) is 0 Å². The van der Waals surface area contributed by atoms with Crippen molar-refractivity contribution in [2.45, 2.75) is 47.5 Å². The van der Waals surface area contributed by atoms with Crippen LogP contribution < -0.4 is 0 Å². The van der Waals surface area contributed by atoms with Crippen molar-refractivity contribution in [1.82, 2.24) is 0 Å². The molecule has 0 atom stereocenters. The first kappa shape index (κ1) is 19.8. The molecule has 146 valence electrons. The first-order valence-electron chi connectivity index (χ1n) is 9.50. The van der Waals surface area contributed by atoms with E-state index in [4.69, 9.17) is 0 Å². The fourth-order valence-corrected chi connectivity index (χ4v) is 4.14. The monoisotopic (exact) mass is 376 g/mol. The van der Waals surface area contributed by atoms with E-state index in [-0.39, 0.29) is 17.2 Å². The smallest absolute Gasteiger partial charge is 0.122 e. The van der Waals surface area contributed by atoms with Gasteiger partial charge in [-0.25, -0.2) is 0 Å². The van der Waals surface area contributed by atoms with Gasteiger partial charge >= 0.3 is 0 Å². The van der Waals surface area contributed by atoms with Gasteiger partial charge in [-0.3, -0.25) is 0 Å². The van der Waals surface area contributed by atoms with Crippen LogP contribution in [0.25, 0.3) is 0 Å². The second kappa shape index (κ2) is 7.23. The molecule has 3 aromatic carbocycles. The van der Waals surface area contributed by atoms with Gasteiger partial charge in [-0.15, -0.1) is 0 Å². The highest BCUT2D eigenvalue weighted by atomic mass is 16.3. The van der Waals surface area contributed by atoms with Crippen LogP contribution in [0.4, 0.5) is 0 Å². The predicted octanol–water partition coefficient (Wildman–Crippen LogP) is 5.83. The van der Waals surface area contributed by atoms with Crippen LogP contribution in [0.3, 0.4) is 0 Å². The lowest BCUT2D eigenvalue weighted by molar-refractivity contribution is 0.446. The molecule has 0 saturated heterocycles. The molecule has 0 heterocycles. The minimum Gasteiger partial charge on any atom is -0.507 e. The highest BCUT2D eigenvalue weighted by Crippen LogP contribution is 2.46. The molecule has 0 aliphatic rings. The topological polar surface area (TPSA) is 60.7 Å². The summed E-state index contributed by atoms with van der Waals surface area (Å²) in [5, 5.41) is 32.7. The lowest BCUT2D eigenvalue weighted by Gasteiger charge is -2.25. The molecule has 3 nitrogen and oxygen atoms in total. The zero-order valence-corrected chi connectivity index (χ0v) is 17.4. The molecule has 0 fully saturated rings. The Morgan fingerprint density at radius 3 is 0.964 bits per heavy atom. The lowest BCUT2D eigenvalue weighted by atomic mass is 9.80. The van der Waals surface area contributed by atoms with Gasteiger partial charge in [-0.1, -0.05) is 53.1 Å². The Bertz CT molecular complexity index is 927. The summed E-state index contributed by atoms with van der Waals surface area (Å²) in [5.41, 5.74) is 7.40. The molecule has 0 aromatic heterocycles. The average Bonchev–Trinajstić information content (AvgIpc) is 2.60. The van der Waals surface area contributed by atoms with E-state index >= 15 is 0 Å². The van der Waals surface area contributed by atoms with Gasteiger partial charge in [0.1, 0.15) is 17.2 Å². The van der Waals surface area contributed by atoms with Gasteiger partial charge in [0.2, 0.25) is 0 Å². The molecule has 0 aliphatic heterocycles. The van der Waals surface area contributed by atoms with Crippen molar-refractivity contribution in [3.05, 3.63) is 86.5 Å². The second-order valence-corrected chi connectivity index (χ2v) is 7.99. The van der Waals surface area contributed by atoms with Crippen LogP contribution in [0, 0.1) is 41.5 Å². The first-order chi connectivity index (χ1) is 13.1. The van der Waals surface area contributed by atoms with E-state index in [1.807, 2.05) is 77.9 Å². The number of aryl methyl sites for hydroxylation is 6. The fourth-order valence-electron chi connectivity index (χ4n) is 4.14. The van der Waals surface area contributed by atoms with Crippen molar-refractivity contribution in [1.29, 1.82) is 0 Å². The largest absolute Gasteiger partial charge is 0.507 e. The van der Waals surface area contributed by atoms with Gasteiger partial charge in [-0.05, 0) is 58.2 Å². The number of rotatable bonds is 3. The van der Waals surface area contributed by atoms with Crippen molar-refractivity contribution in [2.75, 3.05) is 0 Å². The maximum atomic E-state index is 10.9. The van der Waals surface area contributed by atoms with E-state index < -0.39 is 5.92 Å². The van der Waals surface area contributed by atoms with Crippen molar-refractivity contribution < 1.29 is 15.3 Å². The lowest BCUT2D eigenvalue weighted by Crippen LogP contribution is -2.08. The molecule has 3 rings (SSSR count). The number of phenols is 3. The third-order valence-electron chi connectivity index (χ3n) is 5.36. The minimum atomic E-state index is -0.490. The summed E-state index contributed by atoms with van der Waals surface area (Å²) in [7, 11) is 0. The van der Waals surface area contributed by atoms with Crippen molar-refractivity contribution in [3.63, 3.8) is 0 Å². The molecule has 0 spiro atoms. The number of hydrogen-bond donors (Lipinski definition) is 3. The summed E-state index contributed by atoms with van der Waals surface area (Å²) >= 11 is 0. The van der Waals surface area contributed by atoms with Crippen molar-refractivity contribution in [2.24, 2.45) is 0 Å². The van der Waals surface area contributed by atoms with E-state index in [2.05, 4.69) is 0 Å². The van der Waals surface area contributed by atoms with Crippen molar-refractivity contribution >= 4 is 0 Å². The Morgan fingerprint density at radius 1 is 0.464 bits per heavy atom. The van der Waals surface area contributed by atoms with Gasteiger partial charge < -0.3 is 15.3 Å². The number of phenolic OH excluding ortho intramolecular Hbond substituents is 3. The first-order valence-corrected chi connectivity index (χ1v) is 9.50. The number of benzene rings is 3. The molecule has 0 saturated carbocycles. The van der Waals surface area contributed by atoms with Gasteiger partial charge in [0.15, 0.2) is 0 Å². The Hall–Kier alpha value is -2.94. The molecule has 3 heteroatoms. The van der Waals surface area contributed by atoms with Crippen LogP contribution in [0.2, 0.25) is 0 Å². The van der Waals surface area contributed by atoms with Crippen LogP contribution in [-0.2, 0) is 0 Å². The van der Waals surface area contributed by atoms with E-state index in [0.717, 1.165) is 33.4 Å². The van der Waals surface area contributed by atoms with Gasteiger partial charge in [-0.2, -0.15) is 0 Å². The summed E-state index contributed by atoms with van der Waals surface area (Å²) in [6.07, 6.45) is 0. The minimum absolute atomic E-state index is 0.188. The van der Waals surface area contributed by atoms with E-state index in [9.17, 15) is 15.3 Å². The van der Waals surface area contributed by atoms with Gasteiger partial charge in [0.05, 0.1) is 0 Å². The molecule has 3 aromatic rings. The summed E-state index contributed by atoms with van der Waals surface area (Å²) in [6, 6.07) is 11.6. The SMILES string of the molecule is Cc1cc(C)c(O)c(C(c2cc(C)cc(C)c2O)c2cc(C)cc(C)c2O)c1. The van der Waals surface area contributed by atoms with Crippen LogP contribution in [-0.4, -0.2) is 15.3 Å². The average molecular weight is 376 g/mol. The normalized spacial score (nSPS) is 11.2. The van der Waals surface area contributed by atoms with Crippen molar-refractivity contribution in [3.8, 4) is 17.2 Å². The van der Waals surface area contributed by atoms with Gasteiger partial charge in [0.25, 0.3) is 0 Å². The van der Waals surface area contributed by atoms with Gasteiger partial charge in [0, 0.05) is 22.6 Å².